The van der Waals surface area contributed by atoms with Crippen molar-refractivity contribution >= 4 is 17.7 Å². The summed E-state index contributed by atoms with van der Waals surface area (Å²) in [6, 6.07) is 10.9. The number of hydrogen-bond donors (Lipinski definition) is 1. The van der Waals surface area contributed by atoms with Crippen LogP contribution in [0.15, 0.2) is 46.9 Å². The Hall–Kier alpha value is -2.49. The van der Waals surface area contributed by atoms with E-state index in [1.54, 1.807) is 25.3 Å². The molecule has 1 N–H and O–H groups in total. The van der Waals surface area contributed by atoms with Crippen molar-refractivity contribution in [1.82, 2.24) is 0 Å². The van der Waals surface area contributed by atoms with Crippen LogP contribution in [0.2, 0.25) is 0 Å². The third-order valence-electron chi connectivity index (χ3n) is 2.52. The Balaban J connectivity index is 2.03. The van der Waals surface area contributed by atoms with Gasteiger partial charge in [0.1, 0.15) is 17.3 Å². The zero-order valence-electron chi connectivity index (χ0n) is 10.8. The van der Waals surface area contributed by atoms with Gasteiger partial charge < -0.3 is 14.5 Å². The van der Waals surface area contributed by atoms with Gasteiger partial charge in [-0.3, -0.25) is 4.79 Å². The van der Waals surface area contributed by atoms with Gasteiger partial charge in [0.05, 0.1) is 12.8 Å². The van der Waals surface area contributed by atoms with Crippen molar-refractivity contribution in [2.24, 2.45) is 0 Å². The second-order valence-electron chi connectivity index (χ2n) is 3.97. The van der Waals surface area contributed by atoms with Crippen LogP contribution in [-0.2, 0) is 4.79 Å². The fourth-order valence-electron chi connectivity index (χ4n) is 1.62. The maximum atomic E-state index is 11.8. The van der Waals surface area contributed by atoms with Gasteiger partial charge in [0.25, 0.3) is 0 Å². The second kappa shape index (κ2) is 5.91. The molecular weight excluding hydrogens is 242 g/mol. The second-order valence-corrected chi connectivity index (χ2v) is 3.97. The van der Waals surface area contributed by atoms with Crippen LogP contribution in [0.1, 0.15) is 11.5 Å². The Labute approximate surface area is 111 Å². The number of rotatable bonds is 4. The maximum Gasteiger partial charge on any atom is 0.248 e. The SMILES string of the molecule is COc1ccccc1NC(=O)/C=C/c1ccc(C)o1. The van der Waals surface area contributed by atoms with Gasteiger partial charge in [-0.2, -0.15) is 0 Å². The van der Waals surface area contributed by atoms with E-state index in [2.05, 4.69) is 5.32 Å². The Morgan fingerprint density at radius 1 is 1.26 bits per heavy atom. The summed E-state index contributed by atoms with van der Waals surface area (Å²) in [5.41, 5.74) is 0.635. The molecule has 4 nitrogen and oxygen atoms in total. The zero-order chi connectivity index (χ0) is 13.7. The summed E-state index contributed by atoms with van der Waals surface area (Å²) in [6.07, 6.45) is 3.04. The summed E-state index contributed by atoms with van der Waals surface area (Å²) in [5.74, 6) is 1.84. The predicted molar refractivity (Wildman–Crippen MR) is 74.1 cm³/mol. The first-order chi connectivity index (χ1) is 9.19. The lowest BCUT2D eigenvalue weighted by molar-refractivity contribution is -0.111. The fraction of sp³-hybridized carbons (Fsp3) is 0.133. The van der Waals surface area contributed by atoms with Crippen LogP contribution in [0.4, 0.5) is 5.69 Å². The Morgan fingerprint density at radius 3 is 2.74 bits per heavy atom. The van der Waals surface area contributed by atoms with Gasteiger partial charge in [-0.25, -0.2) is 0 Å². The first kappa shape index (κ1) is 13.0. The zero-order valence-corrected chi connectivity index (χ0v) is 10.8. The lowest BCUT2D eigenvalue weighted by Gasteiger charge is -2.07. The van der Waals surface area contributed by atoms with E-state index in [1.165, 1.54) is 6.08 Å². The molecule has 4 heteroatoms. The molecule has 1 aromatic carbocycles. The molecule has 98 valence electrons. The van der Waals surface area contributed by atoms with E-state index < -0.39 is 0 Å². The number of methoxy groups -OCH3 is 1. The highest BCUT2D eigenvalue weighted by molar-refractivity contribution is 6.02. The quantitative estimate of drug-likeness (QED) is 0.855. The van der Waals surface area contributed by atoms with Gasteiger partial charge >= 0.3 is 0 Å². The smallest absolute Gasteiger partial charge is 0.248 e. The standard InChI is InChI=1S/C15H15NO3/c1-11-7-8-12(19-11)9-10-15(17)16-13-5-3-4-6-14(13)18-2/h3-10H,1-2H3,(H,16,17)/b10-9+. The Bertz CT molecular complexity index is 599. The number of amides is 1. The Morgan fingerprint density at radius 2 is 2.05 bits per heavy atom. The van der Waals surface area contributed by atoms with Crippen LogP contribution < -0.4 is 10.1 Å². The maximum absolute atomic E-state index is 11.8. The summed E-state index contributed by atoms with van der Waals surface area (Å²) in [7, 11) is 1.56. The van der Waals surface area contributed by atoms with Crippen LogP contribution in [0.25, 0.3) is 6.08 Å². The number of para-hydroxylation sites is 2. The molecule has 1 heterocycles. The summed E-state index contributed by atoms with van der Waals surface area (Å²) in [5, 5.41) is 2.75. The summed E-state index contributed by atoms with van der Waals surface area (Å²) in [4.78, 5) is 11.8. The molecule has 1 amide bonds. The Kier molecular flexibility index (Phi) is 4.03. The highest BCUT2D eigenvalue weighted by Crippen LogP contribution is 2.22. The molecule has 0 saturated heterocycles. The molecule has 0 aliphatic carbocycles. The minimum absolute atomic E-state index is 0.237. The van der Waals surface area contributed by atoms with Crippen molar-refractivity contribution in [3.8, 4) is 5.75 Å². The third-order valence-corrected chi connectivity index (χ3v) is 2.52. The lowest BCUT2D eigenvalue weighted by Crippen LogP contribution is -2.08. The average Bonchev–Trinajstić information content (AvgIpc) is 2.83. The van der Waals surface area contributed by atoms with Crippen molar-refractivity contribution < 1.29 is 13.9 Å². The van der Waals surface area contributed by atoms with E-state index >= 15 is 0 Å². The van der Waals surface area contributed by atoms with Crippen molar-refractivity contribution in [3.05, 3.63) is 54.0 Å². The molecule has 0 saturated carbocycles. The van der Waals surface area contributed by atoms with Crippen molar-refractivity contribution in [2.45, 2.75) is 6.92 Å². The van der Waals surface area contributed by atoms with E-state index in [0.717, 1.165) is 5.76 Å². The molecule has 0 radical (unpaired) electrons. The molecule has 0 fully saturated rings. The largest absolute Gasteiger partial charge is 0.495 e. The minimum Gasteiger partial charge on any atom is -0.495 e. The number of furan rings is 1. The van der Waals surface area contributed by atoms with E-state index in [4.69, 9.17) is 9.15 Å². The summed E-state index contributed by atoms with van der Waals surface area (Å²) in [6.45, 7) is 1.85. The highest BCUT2D eigenvalue weighted by atomic mass is 16.5. The van der Waals surface area contributed by atoms with E-state index in [0.29, 0.717) is 17.2 Å². The van der Waals surface area contributed by atoms with Gasteiger partial charge in [-0.1, -0.05) is 12.1 Å². The lowest BCUT2D eigenvalue weighted by atomic mass is 10.3. The molecule has 0 aliphatic heterocycles. The molecule has 2 aromatic rings. The highest BCUT2D eigenvalue weighted by Gasteiger charge is 2.04. The number of benzene rings is 1. The molecule has 0 spiro atoms. The van der Waals surface area contributed by atoms with Crippen molar-refractivity contribution in [1.29, 1.82) is 0 Å². The van der Waals surface area contributed by atoms with Gasteiger partial charge in [0.2, 0.25) is 5.91 Å². The topological polar surface area (TPSA) is 51.5 Å². The number of hydrogen-bond acceptors (Lipinski definition) is 3. The molecule has 19 heavy (non-hydrogen) atoms. The van der Waals surface area contributed by atoms with Crippen LogP contribution in [-0.4, -0.2) is 13.0 Å². The monoisotopic (exact) mass is 257 g/mol. The summed E-state index contributed by atoms with van der Waals surface area (Å²) >= 11 is 0. The number of aryl methyl sites for hydroxylation is 1. The van der Waals surface area contributed by atoms with Crippen molar-refractivity contribution in [3.63, 3.8) is 0 Å². The molecule has 0 atom stereocenters. The van der Waals surface area contributed by atoms with Crippen LogP contribution in [0.5, 0.6) is 5.75 Å². The first-order valence-electron chi connectivity index (χ1n) is 5.87. The van der Waals surface area contributed by atoms with E-state index in [1.807, 2.05) is 31.2 Å². The van der Waals surface area contributed by atoms with Gasteiger partial charge in [0.15, 0.2) is 0 Å². The number of nitrogens with one attached hydrogen (secondary N) is 1. The fourth-order valence-corrected chi connectivity index (χ4v) is 1.62. The van der Waals surface area contributed by atoms with Crippen molar-refractivity contribution in [2.75, 3.05) is 12.4 Å². The molecular formula is C15H15NO3. The van der Waals surface area contributed by atoms with Gasteiger partial charge in [-0.05, 0) is 37.3 Å². The average molecular weight is 257 g/mol. The van der Waals surface area contributed by atoms with Crippen LogP contribution in [0.3, 0.4) is 0 Å². The molecule has 1 aromatic heterocycles. The number of carbonyl (C=O) groups excluding carboxylic acids is 1. The minimum atomic E-state index is -0.237. The number of ether oxygens (including phenoxy) is 1. The summed E-state index contributed by atoms with van der Waals surface area (Å²) < 4.78 is 10.5. The third kappa shape index (κ3) is 3.48. The molecule has 0 bridgehead atoms. The molecule has 0 unspecified atom stereocenters. The predicted octanol–water partition coefficient (Wildman–Crippen LogP) is 3.25. The number of anilines is 1. The van der Waals surface area contributed by atoms with E-state index in [9.17, 15) is 4.79 Å². The van der Waals surface area contributed by atoms with Gasteiger partial charge in [0, 0.05) is 6.08 Å². The van der Waals surface area contributed by atoms with Gasteiger partial charge in [-0.15, -0.1) is 0 Å². The first-order valence-corrected chi connectivity index (χ1v) is 5.87. The van der Waals surface area contributed by atoms with Crippen LogP contribution >= 0.6 is 0 Å². The molecule has 2 rings (SSSR count). The van der Waals surface area contributed by atoms with E-state index in [-0.39, 0.29) is 5.91 Å². The molecule has 0 aliphatic rings. The normalized spacial score (nSPS) is 10.6. The van der Waals surface area contributed by atoms with Crippen LogP contribution in [0, 0.1) is 6.92 Å². The number of carbonyl (C=O) groups is 1.